The molecule has 0 bridgehead atoms. The lowest BCUT2D eigenvalue weighted by molar-refractivity contribution is 0.229. The summed E-state index contributed by atoms with van der Waals surface area (Å²) >= 11 is 0. The Morgan fingerprint density at radius 3 is 0.634 bits per heavy atom. The minimum Gasteiger partial charge on any atom is -0.478 e. The van der Waals surface area contributed by atoms with Crippen molar-refractivity contribution in [3.8, 4) is 85.2 Å². The van der Waals surface area contributed by atoms with E-state index in [4.69, 9.17) is 19.3 Å². The molecule has 0 unspecified atom stereocenters. The Bertz CT molecular complexity index is 3940. The van der Waals surface area contributed by atoms with Crippen LogP contribution in [0.1, 0.15) is 221 Å². The molecule has 15 heteroatoms. The molecule has 0 spiro atoms. The van der Waals surface area contributed by atoms with E-state index in [-0.39, 0.29) is 0 Å². The molecule has 608 valence electrons. The molecule has 6 aromatic carbocycles. The van der Waals surface area contributed by atoms with Gasteiger partial charge in [0.15, 0.2) is 0 Å². The highest BCUT2D eigenvalue weighted by Gasteiger charge is 2.25. The third-order valence-corrected chi connectivity index (χ3v) is 18.1. The van der Waals surface area contributed by atoms with Crippen LogP contribution < -0.4 is 14.2 Å². The number of aromatic nitrogens is 12. The highest BCUT2D eigenvalue weighted by atomic mass is 16.5. The molecule has 0 atom stereocenters. The Morgan fingerprint density at radius 2 is 0.402 bits per heavy atom. The predicted octanol–water partition coefficient (Wildman–Crippen LogP) is 26.2. The fourth-order valence-electron chi connectivity index (χ4n) is 13.3. The van der Waals surface area contributed by atoms with Gasteiger partial charge in [-0.15, -0.1) is 0 Å². The van der Waals surface area contributed by atoms with Crippen LogP contribution in [0.4, 0.5) is 0 Å². The molecule has 6 aliphatic rings. The van der Waals surface area contributed by atoms with Gasteiger partial charge < -0.3 is 14.2 Å². The summed E-state index contributed by atoms with van der Waals surface area (Å²) in [7, 11) is 0. The zero-order valence-corrected chi connectivity index (χ0v) is 73.9. The van der Waals surface area contributed by atoms with Crippen molar-refractivity contribution in [1.82, 2.24) is 58.7 Å². The van der Waals surface area contributed by atoms with E-state index in [2.05, 4.69) is 196 Å². The minimum atomic E-state index is 0.748. The van der Waals surface area contributed by atoms with Crippen molar-refractivity contribution in [2.45, 2.75) is 271 Å². The number of ether oxygens (including phenoxy) is 3. The van der Waals surface area contributed by atoms with Crippen LogP contribution in [0.2, 0.25) is 0 Å². The van der Waals surface area contributed by atoms with Gasteiger partial charge in [0.25, 0.3) is 0 Å². The lowest BCUT2D eigenvalue weighted by Crippen LogP contribution is -2.14. The third kappa shape index (κ3) is 25.5. The van der Waals surface area contributed by atoms with Crippen molar-refractivity contribution in [1.29, 1.82) is 0 Å². The van der Waals surface area contributed by atoms with E-state index in [1.807, 2.05) is 219 Å². The highest BCUT2D eigenvalue weighted by Crippen LogP contribution is 2.36. The zero-order chi connectivity index (χ0) is 82.9. The van der Waals surface area contributed by atoms with E-state index in [1.54, 1.807) is 0 Å². The summed E-state index contributed by atoms with van der Waals surface area (Å²) in [5.74, 6) is 2.79. The SMILES string of the molecule is CC.CC.CC.CC.CC.CC.CC.CC.CC.CC.Cc1c(-c2ccccc2)nn2c1CCC2.Cc1c(-c2ccccc2)nn2c1CCC2.Cc1c(-c2ccccc2)nn2c1CCCC2.Cc1c(-c2ccccc2)nn2c1OCC2.Cc1c(-c2ccccc2)nn2c1OCC2.Cc1c(-c2ccccc2)nn2c1OCCC2. The average Bonchev–Trinajstić information content (AvgIpc) is 1.67. The average molecular weight is 1520 g/mol. The van der Waals surface area contributed by atoms with Crippen LogP contribution in [0, 0.1) is 41.5 Å². The van der Waals surface area contributed by atoms with Crippen molar-refractivity contribution >= 4 is 0 Å². The topological polar surface area (TPSA) is 135 Å². The third-order valence-electron chi connectivity index (χ3n) is 18.1. The van der Waals surface area contributed by atoms with Gasteiger partial charge in [0, 0.05) is 99.8 Å². The van der Waals surface area contributed by atoms with Gasteiger partial charge in [0.2, 0.25) is 17.6 Å². The standard InChI is InChI=1S/C14H16N2.C13H14N2O.2C13H14N2.2C12H12N2O.10C2H6/c1-11-13-9-5-6-10-16(13)15-14(11)12-7-3-2-4-8-12;1-10-12(11-6-3-2-4-7-11)14-15-8-5-9-16-13(10)15;2*1-10-12-8-5-9-15(12)14-13(10)11-6-3-2-4-7-11;2*1-9-11(10-5-3-2-4-6-10)13-14-7-8-15-12(9)14;10*1-2/h2-4,7-8H,5-6,9-10H2,1H3;2-4,6-7H,5,8-9H2,1H3;2*2-4,6-7H,5,8-9H2,1H3;2*2-6H,7-8H2,1H3;10*1-2H3. The molecular formula is C97H142N12O3. The Morgan fingerprint density at radius 1 is 0.205 bits per heavy atom. The first kappa shape index (κ1) is 96.2. The van der Waals surface area contributed by atoms with Gasteiger partial charge in [0.1, 0.15) is 13.2 Å². The Balaban J connectivity index is 0.000000333. The van der Waals surface area contributed by atoms with E-state index in [0.717, 1.165) is 151 Å². The first-order valence-corrected chi connectivity index (χ1v) is 42.8. The van der Waals surface area contributed by atoms with Gasteiger partial charge in [-0.05, 0) is 103 Å². The van der Waals surface area contributed by atoms with E-state index >= 15 is 0 Å². The summed E-state index contributed by atoms with van der Waals surface area (Å²) in [5.41, 5.74) is 25.5. The Hall–Kier alpha value is -10.0. The molecule has 18 rings (SSSR count). The van der Waals surface area contributed by atoms with Crippen LogP contribution in [0.3, 0.4) is 0 Å². The molecule has 0 saturated heterocycles. The fraction of sp³-hybridized carbons (Fsp3) is 0.443. The number of nitrogens with zero attached hydrogens (tertiary/aromatic N) is 12. The molecule has 12 heterocycles. The quantitative estimate of drug-likeness (QED) is 0.159. The fourth-order valence-corrected chi connectivity index (χ4v) is 13.3. The molecule has 12 aromatic rings. The smallest absolute Gasteiger partial charge is 0.215 e. The maximum Gasteiger partial charge on any atom is 0.215 e. The Kier molecular flexibility index (Phi) is 46.9. The normalized spacial score (nSPS) is 12.2. The van der Waals surface area contributed by atoms with Crippen LogP contribution in [0.5, 0.6) is 17.6 Å². The summed E-state index contributed by atoms with van der Waals surface area (Å²) < 4.78 is 29.1. The van der Waals surface area contributed by atoms with E-state index in [9.17, 15) is 0 Å². The summed E-state index contributed by atoms with van der Waals surface area (Å²) in [6.45, 7) is 61.0. The maximum absolute atomic E-state index is 5.66. The Labute approximate surface area is 677 Å². The minimum absolute atomic E-state index is 0.748. The van der Waals surface area contributed by atoms with Gasteiger partial charge in [-0.3, -0.25) is 14.0 Å². The highest BCUT2D eigenvalue weighted by molar-refractivity contribution is 5.69. The van der Waals surface area contributed by atoms with Crippen LogP contribution >= 0.6 is 0 Å². The first-order valence-electron chi connectivity index (χ1n) is 42.8. The number of benzene rings is 6. The lowest BCUT2D eigenvalue weighted by Gasteiger charge is -2.14. The van der Waals surface area contributed by atoms with Crippen LogP contribution in [-0.2, 0) is 58.5 Å². The summed E-state index contributed by atoms with van der Waals surface area (Å²) in [6, 6.07) is 62.1. The number of hydrogen-bond acceptors (Lipinski definition) is 9. The predicted molar refractivity (Wildman–Crippen MR) is 479 cm³/mol. The number of hydrogen-bond donors (Lipinski definition) is 0. The van der Waals surface area contributed by atoms with Gasteiger partial charge in [0.05, 0.1) is 53.9 Å². The van der Waals surface area contributed by atoms with Crippen molar-refractivity contribution in [3.63, 3.8) is 0 Å². The lowest BCUT2D eigenvalue weighted by atomic mass is 10.0. The molecule has 6 aromatic heterocycles. The molecule has 0 amide bonds. The van der Waals surface area contributed by atoms with Crippen molar-refractivity contribution < 1.29 is 14.2 Å². The largest absolute Gasteiger partial charge is 0.478 e. The van der Waals surface area contributed by atoms with Gasteiger partial charge >= 0.3 is 0 Å². The molecule has 0 radical (unpaired) electrons. The molecular weight excluding hydrogens is 1380 g/mol. The maximum atomic E-state index is 5.66. The molecule has 0 aliphatic carbocycles. The molecule has 0 fully saturated rings. The van der Waals surface area contributed by atoms with Gasteiger partial charge in [-0.25, -0.2) is 14.0 Å². The second-order valence-electron chi connectivity index (χ2n) is 24.2. The van der Waals surface area contributed by atoms with E-state index in [1.165, 1.54) is 95.4 Å². The summed E-state index contributed by atoms with van der Waals surface area (Å²) in [4.78, 5) is 0. The van der Waals surface area contributed by atoms with Crippen LogP contribution in [0.25, 0.3) is 67.5 Å². The number of fused-ring (bicyclic) bond motifs is 6. The second kappa shape index (κ2) is 54.6. The van der Waals surface area contributed by atoms with E-state index in [0.29, 0.717) is 0 Å². The molecule has 0 saturated carbocycles. The molecule has 15 nitrogen and oxygen atoms in total. The molecule has 6 aliphatic heterocycles. The number of rotatable bonds is 6. The van der Waals surface area contributed by atoms with Gasteiger partial charge in [-0.2, -0.15) is 30.6 Å². The van der Waals surface area contributed by atoms with Crippen LogP contribution in [0.15, 0.2) is 182 Å². The summed E-state index contributed by atoms with van der Waals surface area (Å²) in [5, 5.41) is 27.8. The first-order chi connectivity index (χ1) is 55.2. The van der Waals surface area contributed by atoms with E-state index < -0.39 is 0 Å². The number of aryl methyl sites for hydroxylation is 4. The zero-order valence-electron chi connectivity index (χ0n) is 73.9. The second-order valence-corrected chi connectivity index (χ2v) is 24.2. The van der Waals surface area contributed by atoms with Gasteiger partial charge in [-0.1, -0.05) is 320 Å². The molecule has 0 N–H and O–H groups in total. The molecule has 112 heavy (non-hydrogen) atoms. The monoisotopic (exact) mass is 1520 g/mol. The van der Waals surface area contributed by atoms with Crippen LogP contribution in [-0.4, -0.2) is 78.5 Å². The summed E-state index contributed by atoms with van der Waals surface area (Å²) in [6.07, 6.45) is 9.67. The van der Waals surface area contributed by atoms with Crippen molar-refractivity contribution in [2.24, 2.45) is 0 Å². The van der Waals surface area contributed by atoms with Crippen molar-refractivity contribution in [2.75, 3.05) is 19.8 Å². The van der Waals surface area contributed by atoms with Crippen molar-refractivity contribution in [3.05, 3.63) is 232 Å².